The molecule has 2 N–H and O–H groups in total. The molecular formula is C6H6N5. The minimum Gasteiger partial charge on any atom is -0.382 e. The van der Waals surface area contributed by atoms with Crippen molar-refractivity contribution in [3.05, 3.63) is 5.82 Å². The third-order valence-electron chi connectivity index (χ3n) is 1.37. The Labute approximate surface area is 63.4 Å². The molecule has 2 heterocycles. The smallest absolute Gasteiger partial charge is 0.185 e. The van der Waals surface area contributed by atoms with Gasteiger partial charge >= 0.3 is 0 Å². The molecule has 0 saturated carbocycles. The van der Waals surface area contributed by atoms with E-state index in [1.54, 1.807) is 6.92 Å². The molecule has 0 fully saturated rings. The Morgan fingerprint density at radius 3 is 3.00 bits per heavy atom. The second kappa shape index (κ2) is 1.91. The molecule has 0 atom stereocenters. The topological polar surface area (TPSA) is 78.3 Å². The number of aliphatic imine (C=N–C) groups is 1. The van der Waals surface area contributed by atoms with E-state index in [0.717, 1.165) is 0 Å². The van der Waals surface area contributed by atoms with Gasteiger partial charge in [-0.25, -0.2) is 20.3 Å². The van der Waals surface area contributed by atoms with E-state index in [1.165, 1.54) is 6.34 Å². The fourth-order valence-electron chi connectivity index (χ4n) is 0.928. The van der Waals surface area contributed by atoms with E-state index in [4.69, 9.17) is 5.73 Å². The average molecular weight is 148 g/mol. The fraction of sp³-hybridized carbons (Fsp3) is 0.167. The van der Waals surface area contributed by atoms with Gasteiger partial charge in [-0.05, 0) is 6.92 Å². The standard InChI is InChI=1S/C6H6N5/c1-3-10-5(7)4-6(11-3)9-2-8-4/h2H,1H3,(H2,7,10,11). The lowest BCUT2D eigenvalue weighted by molar-refractivity contribution is 1.04. The quantitative estimate of drug-likeness (QED) is 0.573. The molecule has 1 aromatic heterocycles. The van der Waals surface area contributed by atoms with Gasteiger partial charge in [-0.15, -0.1) is 0 Å². The summed E-state index contributed by atoms with van der Waals surface area (Å²) in [5.74, 6) is 1.58. The van der Waals surface area contributed by atoms with Gasteiger partial charge in [-0.1, -0.05) is 0 Å². The first-order valence-corrected chi connectivity index (χ1v) is 3.15. The molecule has 5 heteroatoms. The summed E-state index contributed by atoms with van der Waals surface area (Å²) in [4.78, 5) is 11.9. The summed E-state index contributed by atoms with van der Waals surface area (Å²) < 4.78 is 0. The second-order valence-electron chi connectivity index (χ2n) is 2.20. The number of hydrogen-bond acceptors (Lipinski definition) is 4. The van der Waals surface area contributed by atoms with Crippen LogP contribution in [0.4, 0.5) is 17.3 Å². The molecule has 55 valence electrons. The number of nitrogen functional groups attached to an aromatic ring is 1. The molecule has 1 radical (unpaired) electrons. The van der Waals surface area contributed by atoms with Crippen LogP contribution in [0, 0.1) is 6.92 Å². The van der Waals surface area contributed by atoms with Crippen LogP contribution in [0.5, 0.6) is 0 Å². The van der Waals surface area contributed by atoms with E-state index in [-0.39, 0.29) is 0 Å². The van der Waals surface area contributed by atoms with Crippen molar-refractivity contribution in [2.24, 2.45) is 4.99 Å². The first-order valence-electron chi connectivity index (χ1n) is 3.15. The number of anilines is 1. The van der Waals surface area contributed by atoms with E-state index < -0.39 is 0 Å². The van der Waals surface area contributed by atoms with Crippen LogP contribution >= 0.6 is 0 Å². The van der Waals surface area contributed by atoms with Gasteiger partial charge in [0.2, 0.25) is 0 Å². The summed E-state index contributed by atoms with van der Waals surface area (Å²) in [6.45, 7) is 1.77. The van der Waals surface area contributed by atoms with Crippen LogP contribution in [0.3, 0.4) is 0 Å². The maximum absolute atomic E-state index is 5.55. The van der Waals surface area contributed by atoms with Gasteiger partial charge in [0.15, 0.2) is 17.3 Å². The van der Waals surface area contributed by atoms with Crippen molar-refractivity contribution in [1.29, 1.82) is 0 Å². The highest BCUT2D eigenvalue weighted by Gasteiger charge is 2.13. The molecule has 1 aliphatic rings. The Morgan fingerprint density at radius 1 is 1.36 bits per heavy atom. The highest BCUT2D eigenvalue weighted by atomic mass is 15.1. The number of nitrogens with zero attached hydrogens (tertiary/aromatic N) is 4. The van der Waals surface area contributed by atoms with Crippen molar-refractivity contribution in [3.8, 4) is 0 Å². The first-order chi connectivity index (χ1) is 5.27. The minimum atomic E-state index is 0.394. The highest BCUT2D eigenvalue weighted by Crippen LogP contribution is 2.30. The monoisotopic (exact) mass is 148 g/mol. The van der Waals surface area contributed by atoms with Crippen LogP contribution in [-0.4, -0.2) is 16.3 Å². The van der Waals surface area contributed by atoms with Crippen LogP contribution < -0.4 is 11.1 Å². The molecule has 0 bridgehead atoms. The zero-order chi connectivity index (χ0) is 7.84. The molecule has 5 nitrogen and oxygen atoms in total. The van der Waals surface area contributed by atoms with Crippen molar-refractivity contribution in [2.45, 2.75) is 6.92 Å². The van der Waals surface area contributed by atoms with E-state index in [1.807, 2.05) is 0 Å². The van der Waals surface area contributed by atoms with Gasteiger partial charge in [-0.3, -0.25) is 0 Å². The summed E-state index contributed by atoms with van der Waals surface area (Å²) in [5, 5.41) is 3.90. The maximum Gasteiger partial charge on any atom is 0.185 e. The molecule has 0 spiro atoms. The number of nitrogens with two attached hydrogens (primary N) is 1. The molecule has 0 aliphatic carbocycles. The second-order valence-corrected chi connectivity index (χ2v) is 2.20. The summed E-state index contributed by atoms with van der Waals surface area (Å²) in [7, 11) is 0. The minimum absolute atomic E-state index is 0.394. The molecule has 2 rings (SSSR count). The third-order valence-corrected chi connectivity index (χ3v) is 1.37. The van der Waals surface area contributed by atoms with Crippen molar-refractivity contribution < 1.29 is 0 Å². The number of aryl methyl sites for hydroxylation is 1. The van der Waals surface area contributed by atoms with Gasteiger partial charge in [0.1, 0.15) is 12.2 Å². The zero-order valence-corrected chi connectivity index (χ0v) is 5.94. The SMILES string of the molecule is Cc1nc(N)c2c(n1)[N]C=N2. The molecule has 0 saturated heterocycles. The molecule has 11 heavy (non-hydrogen) atoms. The van der Waals surface area contributed by atoms with E-state index in [2.05, 4.69) is 20.3 Å². The lowest BCUT2D eigenvalue weighted by Gasteiger charge is -1.99. The van der Waals surface area contributed by atoms with Crippen molar-refractivity contribution in [2.75, 3.05) is 5.73 Å². The summed E-state index contributed by atoms with van der Waals surface area (Å²) >= 11 is 0. The van der Waals surface area contributed by atoms with Gasteiger partial charge in [0, 0.05) is 0 Å². The first kappa shape index (κ1) is 6.09. The van der Waals surface area contributed by atoms with Gasteiger partial charge in [0.25, 0.3) is 0 Å². The van der Waals surface area contributed by atoms with Crippen LogP contribution in [0.1, 0.15) is 5.82 Å². The number of fused-ring (bicyclic) bond motifs is 1. The Morgan fingerprint density at radius 2 is 2.18 bits per heavy atom. The number of hydrogen-bond donors (Lipinski definition) is 1. The lowest BCUT2D eigenvalue weighted by atomic mass is 10.4. The molecule has 0 aromatic carbocycles. The van der Waals surface area contributed by atoms with E-state index in [0.29, 0.717) is 23.1 Å². The number of aromatic nitrogens is 2. The average Bonchev–Trinajstić information content (AvgIpc) is 2.34. The highest BCUT2D eigenvalue weighted by molar-refractivity contribution is 5.84. The molecule has 0 amide bonds. The van der Waals surface area contributed by atoms with Crippen molar-refractivity contribution in [3.63, 3.8) is 0 Å². The van der Waals surface area contributed by atoms with E-state index in [9.17, 15) is 0 Å². The summed E-state index contributed by atoms with van der Waals surface area (Å²) in [6.07, 6.45) is 1.43. The van der Waals surface area contributed by atoms with Crippen molar-refractivity contribution in [1.82, 2.24) is 15.3 Å². The molecular weight excluding hydrogens is 142 g/mol. The van der Waals surface area contributed by atoms with Crippen LogP contribution in [0.25, 0.3) is 0 Å². The van der Waals surface area contributed by atoms with Crippen molar-refractivity contribution >= 4 is 23.7 Å². The fourth-order valence-corrected chi connectivity index (χ4v) is 0.928. The van der Waals surface area contributed by atoms with Crippen LogP contribution in [0.2, 0.25) is 0 Å². The largest absolute Gasteiger partial charge is 0.382 e. The third kappa shape index (κ3) is 0.813. The van der Waals surface area contributed by atoms with Gasteiger partial charge in [-0.2, -0.15) is 0 Å². The predicted molar refractivity (Wildman–Crippen MR) is 41.1 cm³/mol. The van der Waals surface area contributed by atoms with Crippen LogP contribution in [0.15, 0.2) is 4.99 Å². The predicted octanol–water partition coefficient (Wildman–Crippen LogP) is 0.277. The molecule has 1 aromatic rings. The van der Waals surface area contributed by atoms with E-state index >= 15 is 0 Å². The maximum atomic E-state index is 5.55. The Bertz CT molecular complexity index is 330. The Balaban J connectivity index is 2.67. The Hall–Kier alpha value is -1.65. The zero-order valence-electron chi connectivity index (χ0n) is 5.94. The summed E-state index contributed by atoms with van der Waals surface area (Å²) in [5.41, 5.74) is 6.13. The Kier molecular flexibility index (Phi) is 1.06. The normalized spacial score (nSPS) is 12.8. The van der Waals surface area contributed by atoms with Gasteiger partial charge < -0.3 is 5.73 Å². The number of rotatable bonds is 0. The lowest BCUT2D eigenvalue weighted by Crippen LogP contribution is -1.98. The van der Waals surface area contributed by atoms with Crippen LogP contribution in [-0.2, 0) is 0 Å². The molecule has 0 unspecified atom stereocenters. The summed E-state index contributed by atoms with van der Waals surface area (Å²) in [6, 6.07) is 0. The van der Waals surface area contributed by atoms with Gasteiger partial charge in [0.05, 0.1) is 0 Å². The molecule has 1 aliphatic heterocycles.